The van der Waals surface area contributed by atoms with Gasteiger partial charge in [0.25, 0.3) is 5.91 Å². The molecule has 1 saturated heterocycles. The Morgan fingerprint density at radius 3 is 2.41 bits per heavy atom. The molecule has 2 aromatic rings. The standard InChI is InChI=1S/C16H17ClN4O/c1-12-6-7-15(19-18-12)20-8-10-21(11-9-20)16(22)13-4-2-3-5-14(13)17/h2-7H,8-11H2,1H3. The number of benzene rings is 1. The fourth-order valence-electron chi connectivity index (χ4n) is 2.50. The third-order valence-corrected chi connectivity index (χ3v) is 4.11. The number of hydrogen-bond acceptors (Lipinski definition) is 4. The third kappa shape index (κ3) is 3.04. The Kier molecular flexibility index (Phi) is 4.24. The summed E-state index contributed by atoms with van der Waals surface area (Å²) in [4.78, 5) is 16.5. The maximum Gasteiger partial charge on any atom is 0.255 e. The highest BCUT2D eigenvalue weighted by Gasteiger charge is 2.24. The van der Waals surface area contributed by atoms with Crippen LogP contribution in [-0.4, -0.2) is 47.2 Å². The molecule has 0 unspecified atom stereocenters. The first-order valence-corrected chi connectivity index (χ1v) is 7.62. The van der Waals surface area contributed by atoms with Gasteiger partial charge in [0.05, 0.1) is 16.3 Å². The van der Waals surface area contributed by atoms with Gasteiger partial charge < -0.3 is 9.80 Å². The van der Waals surface area contributed by atoms with E-state index in [1.54, 1.807) is 12.1 Å². The van der Waals surface area contributed by atoms with E-state index in [1.165, 1.54) is 0 Å². The Morgan fingerprint density at radius 2 is 1.77 bits per heavy atom. The Hall–Kier alpha value is -2.14. The van der Waals surface area contributed by atoms with Crippen LogP contribution in [0, 0.1) is 6.92 Å². The average Bonchev–Trinajstić information content (AvgIpc) is 2.56. The van der Waals surface area contributed by atoms with Gasteiger partial charge in [-0.25, -0.2) is 0 Å². The van der Waals surface area contributed by atoms with Crippen molar-refractivity contribution in [1.82, 2.24) is 15.1 Å². The van der Waals surface area contributed by atoms with E-state index in [2.05, 4.69) is 15.1 Å². The highest BCUT2D eigenvalue weighted by atomic mass is 35.5. The molecular weight excluding hydrogens is 300 g/mol. The Bertz CT molecular complexity index is 666. The van der Waals surface area contributed by atoms with E-state index in [0.29, 0.717) is 23.7 Å². The minimum Gasteiger partial charge on any atom is -0.352 e. The van der Waals surface area contributed by atoms with Crippen molar-refractivity contribution in [1.29, 1.82) is 0 Å². The van der Waals surface area contributed by atoms with Gasteiger partial charge in [-0.05, 0) is 31.2 Å². The molecule has 1 fully saturated rings. The summed E-state index contributed by atoms with van der Waals surface area (Å²) in [6.45, 7) is 4.71. The molecule has 3 rings (SSSR count). The molecule has 0 radical (unpaired) electrons. The van der Waals surface area contributed by atoms with Gasteiger partial charge in [-0.2, -0.15) is 5.10 Å². The fraction of sp³-hybridized carbons (Fsp3) is 0.312. The number of piperazine rings is 1. The number of amides is 1. The van der Waals surface area contributed by atoms with Crippen LogP contribution in [-0.2, 0) is 0 Å². The van der Waals surface area contributed by atoms with Crippen LogP contribution in [0.25, 0.3) is 0 Å². The first-order valence-electron chi connectivity index (χ1n) is 7.24. The summed E-state index contributed by atoms with van der Waals surface area (Å²) in [5, 5.41) is 8.77. The number of nitrogens with zero attached hydrogens (tertiary/aromatic N) is 4. The van der Waals surface area contributed by atoms with Crippen molar-refractivity contribution in [3.8, 4) is 0 Å². The molecule has 5 nitrogen and oxygen atoms in total. The van der Waals surface area contributed by atoms with Crippen LogP contribution in [0.15, 0.2) is 36.4 Å². The molecule has 1 aliphatic rings. The predicted octanol–water partition coefficient (Wildman–Crippen LogP) is 2.40. The number of rotatable bonds is 2. The quantitative estimate of drug-likeness (QED) is 0.853. The van der Waals surface area contributed by atoms with Gasteiger partial charge in [0.15, 0.2) is 5.82 Å². The van der Waals surface area contributed by atoms with Crippen LogP contribution in [0.1, 0.15) is 16.1 Å². The van der Waals surface area contributed by atoms with Gasteiger partial charge in [-0.15, -0.1) is 5.10 Å². The maximum atomic E-state index is 12.5. The second-order valence-corrected chi connectivity index (χ2v) is 5.70. The van der Waals surface area contributed by atoms with Gasteiger partial charge >= 0.3 is 0 Å². The number of halogens is 1. The van der Waals surface area contributed by atoms with Crippen molar-refractivity contribution in [3.63, 3.8) is 0 Å². The summed E-state index contributed by atoms with van der Waals surface area (Å²) in [6, 6.07) is 11.1. The van der Waals surface area contributed by atoms with Gasteiger partial charge in [0.2, 0.25) is 0 Å². The molecule has 1 aromatic carbocycles. The van der Waals surface area contributed by atoms with E-state index in [-0.39, 0.29) is 5.91 Å². The molecule has 0 bridgehead atoms. The molecular formula is C16H17ClN4O. The van der Waals surface area contributed by atoms with E-state index in [1.807, 2.05) is 36.1 Å². The summed E-state index contributed by atoms with van der Waals surface area (Å²) >= 11 is 6.10. The zero-order valence-corrected chi connectivity index (χ0v) is 13.1. The predicted molar refractivity (Wildman–Crippen MR) is 86.3 cm³/mol. The minimum absolute atomic E-state index is 0.0137. The lowest BCUT2D eigenvalue weighted by Gasteiger charge is -2.35. The van der Waals surface area contributed by atoms with Crippen molar-refractivity contribution in [2.45, 2.75) is 6.92 Å². The molecule has 0 atom stereocenters. The highest BCUT2D eigenvalue weighted by Crippen LogP contribution is 2.19. The molecule has 0 saturated carbocycles. The SMILES string of the molecule is Cc1ccc(N2CCN(C(=O)c3ccccc3Cl)CC2)nn1. The normalized spacial score (nSPS) is 15.0. The second kappa shape index (κ2) is 6.32. The number of carbonyl (C=O) groups is 1. The van der Waals surface area contributed by atoms with Crippen LogP contribution in [0.3, 0.4) is 0 Å². The number of aromatic nitrogens is 2. The van der Waals surface area contributed by atoms with E-state index in [4.69, 9.17) is 11.6 Å². The molecule has 0 N–H and O–H groups in total. The van der Waals surface area contributed by atoms with E-state index in [0.717, 1.165) is 24.6 Å². The number of aryl methyl sites for hydroxylation is 1. The van der Waals surface area contributed by atoms with Gasteiger partial charge in [-0.1, -0.05) is 23.7 Å². The molecule has 22 heavy (non-hydrogen) atoms. The fourth-order valence-corrected chi connectivity index (χ4v) is 2.72. The lowest BCUT2D eigenvalue weighted by atomic mass is 10.2. The molecule has 6 heteroatoms. The molecule has 1 amide bonds. The van der Waals surface area contributed by atoms with Crippen molar-refractivity contribution in [2.24, 2.45) is 0 Å². The van der Waals surface area contributed by atoms with Gasteiger partial charge in [-0.3, -0.25) is 4.79 Å². The largest absolute Gasteiger partial charge is 0.352 e. The highest BCUT2D eigenvalue weighted by molar-refractivity contribution is 6.33. The van der Waals surface area contributed by atoms with Crippen molar-refractivity contribution >= 4 is 23.3 Å². The molecule has 1 aliphatic heterocycles. The van der Waals surface area contributed by atoms with Crippen LogP contribution in [0.4, 0.5) is 5.82 Å². The zero-order chi connectivity index (χ0) is 15.5. The lowest BCUT2D eigenvalue weighted by molar-refractivity contribution is 0.0746. The monoisotopic (exact) mass is 316 g/mol. The smallest absolute Gasteiger partial charge is 0.255 e. The lowest BCUT2D eigenvalue weighted by Crippen LogP contribution is -2.49. The Balaban J connectivity index is 1.65. The Morgan fingerprint density at radius 1 is 1.05 bits per heavy atom. The number of carbonyl (C=O) groups excluding carboxylic acids is 1. The van der Waals surface area contributed by atoms with E-state index < -0.39 is 0 Å². The van der Waals surface area contributed by atoms with Gasteiger partial charge in [0, 0.05) is 26.2 Å². The van der Waals surface area contributed by atoms with Crippen LogP contribution in [0.2, 0.25) is 5.02 Å². The van der Waals surface area contributed by atoms with Crippen LogP contribution < -0.4 is 4.90 Å². The minimum atomic E-state index is -0.0137. The van der Waals surface area contributed by atoms with Crippen molar-refractivity contribution in [3.05, 3.63) is 52.7 Å². The summed E-state index contributed by atoms with van der Waals surface area (Å²) in [5.41, 5.74) is 1.46. The topological polar surface area (TPSA) is 49.3 Å². The summed E-state index contributed by atoms with van der Waals surface area (Å²) in [6.07, 6.45) is 0. The Labute approximate surface area is 134 Å². The molecule has 1 aromatic heterocycles. The molecule has 114 valence electrons. The summed E-state index contributed by atoms with van der Waals surface area (Å²) < 4.78 is 0. The number of hydrogen-bond donors (Lipinski definition) is 0. The second-order valence-electron chi connectivity index (χ2n) is 5.29. The first kappa shape index (κ1) is 14.8. The summed E-state index contributed by atoms with van der Waals surface area (Å²) in [7, 11) is 0. The van der Waals surface area contributed by atoms with Gasteiger partial charge in [0.1, 0.15) is 0 Å². The molecule has 2 heterocycles. The van der Waals surface area contributed by atoms with E-state index >= 15 is 0 Å². The van der Waals surface area contributed by atoms with Crippen molar-refractivity contribution < 1.29 is 4.79 Å². The van der Waals surface area contributed by atoms with Crippen LogP contribution in [0.5, 0.6) is 0 Å². The first-order chi connectivity index (χ1) is 10.6. The summed E-state index contributed by atoms with van der Waals surface area (Å²) in [5.74, 6) is 0.843. The van der Waals surface area contributed by atoms with E-state index in [9.17, 15) is 4.79 Å². The van der Waals surface area contributed by atoms with Crippen molar-refractivity contribution in [2.75, 3.05) is 31.1 Å². The van der Waals surface area contributed by atoms with Crippen LogP contribution >= 0.6 is 11.6 Å². The molecule has 0 aliphatic carbocycles. The maximum absolute atomic E-state index is 12.5. The zero-order valence-electron chi connectivity index (χ0n) is 12.4. The number of anilines is 1. The third-order valence-electron chi connectivity index (χ3n) is 3.78. The average molecular weight is 317 g/mol. The molecule has 0 spiro atoms.